The Hall–Kier alpha value is -2.03. The first-order valence-electron chi connectivity index (χ1n) is 6.41. The van der Waals surface area contributed by atoms with Crippen molar-refractivity contribution in [3.8, 4) is 11.1 Å². The minimum absolute atomic E-state index is 0.215. The summed E-state index contributed by atoms with van der Waals surface area (Å²) >= 11 is 0. The molecule has 100 valence electrons. The van der Waals surface area contributed by atoms with Gasteiger partial charge in [-0.3, -0.25) is 0 Å². The van der Waals surface area contributed by atoms with E-state index in [2.05, 4.69) is 0 Å². The summed E-state index contributed by atoms with van der Waals surface area (Å²) in [5.74, 6) is -0.294. The van der Waals surface area contributed by atoms with E-state index in [1.807, 2.05) is 61.9 Å². The van der Waals surface area contributed by atoms with Crippen LogP contribution in [0.25, 0.3) is 11.1 Å². The Balaban J connectivity index is 2.65. The quantitative estimate of drug-likeness (QED) is 0.782. The first-order valence-corrected chi connectivity index (χ1v) is 6.41. The maximum absolute atomic E-state index is 12.1. The Labute approximate surface area is 113 Å². The van der Waals surface area contributed by atoms with E-state index in [9.17, 15) is 4.79 Å². The molecule has 0 amide bonds. The number of methoxy groups -OCH3 is 1. The van der Waals surface area contributed by atoms with Gasteiger partial charge < -0.3 is 9.30 Å². The number of rotatable bonds is 3. The lowest BCUT2D eigenvalue weighted by Crippen LogP contribution is -2.13. The molecule has 2 aromatic rings. The lowest BCUT2D eigenvalue weighted by molar-refractivity contribution is 0.0587. The van der Waals surface area contributed by atoms with Crippen molar-refractivity contribution >= 4 is 5.97 Å². The number of carbonyl (C=O) groups is 1. The van der Waals surface area contributed by atoms with Crippen molar-refractivity contribution in [2.45, 2.75) is 26.8 Å². The zero-order valence-electron chi connectivity index (χ0n) is 11.8. The van der Waals surface area contributed by atoms with Gasteiger partial charge in [0.1, 0.15) is 5.69 Å². The van der Waals surface area contributed by atoms with Crippen LogP contribution in [-0.2, 0) is 4.74 Å². The summed E-state index contributed by atoms with van der Waals surface area (Å²) in [6.07, 6.45) is 1.94. The monoisotopic (exact) mass is 257 g/mol. The second-order valence-corrected chi connectivity index (χ2v) is 4.89. The molecule has 0 saturated heterocycles. The number of aromatic nitrogens is 1. The summed E-state index contributed by atoms with van der Waals surface area (Å²) in [6, 6.07) is 10.2. The number of nitrogens with zero attached hydrogens (tertiary/aromatic N) is 1. The van der Waals surface area contributed by atoms with Crippen molar-refractivity contribution in [1.82, 2.24) is 4.57 Å². The number of esters is 1. The van der Waals surface area contributed by atoms with Crippen LogP contribution in [0.15, 0.2) is 36.5 Å². The van der Waals surface area contributed by atoms with E-state index in [1.54, 1.807) is 0 Å². The van der Waals surface area contributed by atoms with Gasteiger partial charge in [-0.2, -0.15) is 0 Å². The first kappa shape index (κ1) is 13.4. The standard InChI is InChI=1S/C16H19NO2/c1-11(2)17-10-9-14(15(17)16(18)19-4)13-8-6-5-7-12(13)3/h5-11H,1-4H3. The molecule has 1 aromatic heterocycles. The number of hydrogen-bond donors (Lipinski definition) is 0. The van der Waals surface area contributed by atoms with Crippen molar-refractivity contribution in [2.75, 3.05) is 7.11 Å². The molecule has 1 heterocycles. The Morgan fingerprint density at radius 1 is 1.16 bits per heavy atom. The molecule has 1 aromatic carbocycles. The number of benzene rings is 1. The van der Waals surface area contributed by atoms with Gasteiger partial charge in [0.05, 0.1) is 7.11 Å². The van der Waals surface area contributed by atoms with Crippen LogP contribution in [0, 0.1) is 6.92 Å². The number of aryl methyl sites for hydroxylation is 1. The van der Waals surface area contributed by atoms with Gasteiger partial charge in [0, 0.05) is 17.8 Å². The molecule has 0 atom stereocenters. The highest BCUT2D eigenvalue weighted by atomic mass is 16.5. The highest BCUT2D eigenvalue weighted by Gasteiger charge is 2.20. The van der Waals surface area contributed by atoms with Crippen LogP contribution in [0.2, 0.25) is 0 Å². The molecule has 0 unspecified atom stereocenters. The van der Waals surface area contributed by atoms with Crippen molar-refractivity contribution < 1.29 is 9.53 Å². The molecule has 0 bridgehead atoms. The van der Waals surface area contributed by atoms with E-state index in [0.717, 1.165) is 16.7 Å². The smallest absolute Gasteiger partial charge is 0.355 e. The van der Waals surface area contributed by atoms with Crippen LogP contribution in [0.3, 0.4) is 0 Å². The largest absolute Gasteiger partial charge is 0.464 e. The van der Waals surface area contributed by atoms with Crippen LogP contribution in [0.4, 0.5) is 0 Å². The van der Waals surface area contributed by atoms with Gasteiger partial charge in [0.2, 0.25) is 0 Å². The molecular weight excluding hydrogens is 238 g/mol. The van der Waals surface area contributed by atoms with Crippen LogP contribution >= 0.6 is 0 Å². The van der Waals surface area contributed by atoms with Crippen LogP contribution in [-0.4, -0.2) is 17.6 Å². The van der Waals surface area contributed by atoms with Crippen molar-refractivity contribution in [3.63, 3.8) is 0 Å². The third-order valence-electron chi connectivity index (χ3n) is 3.29. The van der Waals surface area contributed by atoms with Gasteiger partial charge in [-0.1, -0.05) is 24.3 Å². The molecule has 19 heavy (non-hydrogen) atoms. The Morgan fingerprint density at radius 2 is 1.84 bits per heavy atom. The first-order chi connectivity index (χ1) is 9.06. The normalized spacial score (nSPS) is 10.8. The SMILES string of the molecule is COC(=O)c1c(-c2ccccc2C)ccn1C(C)C. The molecule has 0 aliphatic heterocycles. The predicted octanol–water partition coefficient (Wildman–Crippen LogP) is 3.83. The van der Waals surface area contributed by atoms with Crippen LogP contribution in [0.1, 0.15) is 35.9 Å². The molecule has 0 spiro atoms. The molecule has 0 aliphatic carbocycles. The highest BCUT2D eigenvalue weighted by molar-refractivity contribution is 5.96. The molecule has 0 radical (unpaired) electrons. The highest BCUT2D eigenvalue weighted by Crippen LogP contribution is 2.30. The molecular formula is C16H19NO2. The Morgan fingerprint density at radius 3 is 2.42 bits per heavy atom. The van der Waals surface area contributed by atoms with Crippen LogP contribution < -0.4 is 0 Å². The lowest BCUT2D eigenvalue weighted by atomic mass is 10.0. The van der Waals surface area contributed by atoms with Gasteiger partial charge in [-0.15, -0.1) is 0 Å². The minimum atomic E-state index is -0.294. The number of hydrogen-bond acceptors (Lipinski definition) is 2. The Bertz CT molecular complexity index is 597. The summed E-state index contributed by atoms with van der Waals surface area (Å²) in [5, 5.41) is 0. The predicted molar refractivity (Wildman–Crippen MR) is 76.3 cm³/mol. The summed E-state index contributed by atoms with van der Waals surface area (Å²) in [7, 11) is 1.42. The zero-order valence-corrected chi connectivity index (χ0v) is 11.8. The fourth-order valence-electron chi connectivity index (χ4n) is 2.28. The maximum Gasteiger partial charge on any atom is 0.355 e. The van der Waals surface area contributed by atoms with Crippen LogP contribution in [0.5, 0.6) is 0 Å². The third-order valence-corrected chi connectivity index (χ3v) is 3.29. The topological polar surface area (TPSA) is 31.2 Å². The third kappa shape index (κ3) is 2.41. The molecule has 3 nitrogen and oxygen atoms in total. The number of carbonyl (C=O) groups excluding carboxylic acids is 1. The zero-order chi connectivity index (χ0) is 14.0. The fraction of sp³-hybridized carbons (Fsp3) is 0.312. The van der Waals surface area contributed by atoms with Crippen molar-refractivity contribution in [2.24, 2.45) is 0 Å². The summed E-state index contributed by atoms with van der Waals surface area (Å²) in [4.78, 5) is 12.1. The van der Waals surface area contributed by atoms with Crippen molar-refractivity contribution in [1.29, 1.82) is 0 Å². The molecule has 2 rings (SSSR count). The average molecular weight is 257 g/mol. The molecule has 0 N–H and O–H groups in total. The second-order valence-electron chi connectivity index (χ2n) is 4.89. The van der Waals surface area contributed by atoms with E-state index in [0.29, 0.717) is 5.69 Å². The van der Waals surface area contributed by atoms with E-state index in [-0.39, 0.29) is 12.0 Å². The van der Waals surface area contributed by atoms with E-state index >= 15 is 0 Å². The average Bonchev–Trinajstić information content (AvgIpc) is 2.83. The lowest BCUT2D eigenvalue weighted by Gasteiger charge is -2.13. The van der Waals surface area contributed by atoms with Gasteiger partial charge in [0.15, 0.2) is 0 Å². The van der Waals surface area contributed by atoms with Crippen molar-refractivity contribution in [3.05, 3.63) is 47.8 Å². The van der Waals surface area contributed by atoms with Gasteiger partial charge >= 0.3 is 5.97 Å². The molecule has 0 fully saturated rings. The summed E-state index contributed by atoms with van der Waals surface area (Å²) in [6.45, 7) is 6.14. The van der Waals surface area contributed by atoms with E-state index in [1.165, 1.54) is 7.11 Å². The Kier molecular flexibility index (Phi) is 3.74. The summed E-state index contributed by atoms with van der Waals surface area (Å²) < 4.78 is 6.88. The molecule has 3 heteroatoms. The van der Waals surface area contributed by atoms with E-state index < -0.39 is 0 Å². The maximum atomic E-state index is 12.1. The molecule has 0 saturated carbocycles. The summed E-state index contributed by atoms with van der Waals surface area (Å²) in [5.41, 5.74) is 3.77. The van der Waals surface area contributed by atoms with Gasteiger partial charge in [-0.25, -0.2) is 4.79 Å². The molecule has 0 aliphatic rings. The van der Waals surface area contributed by atoms with Gasteiger partial charge in [-0.05, 0) is 38.0 Å². The van der Waals surface area contributed by atoms with Gasteiger partial charge in [0.25, 0.3) is 0 Å². The minimum Gasteiger partial charge on any atom is -0.464 e. The van der Waals surface area contributed by atoms with E-state index in [4.69, 9.17) is 4.74 Å². The number of ether oxygens (including phenoxy) is 1. The second kappa shape index (κ2) is 5.31. The fourth-order valence-corrected chi connectivity index (χ4v) is 2.28.